The Morgan fingerprint density at radius 2 is 1.86 bits per heavy atom. The number of aromatic nitrogens is 1. The van der Waals surface area contributed by atoms with Crippen molar-refractivity contribution < 1.29 is 24.6 Å². The number of anilines is 1. The number of nitrogens with zero attached hydrogens (tertiary/aromatic N) is 2. The summed E-state index contributed by atoms with van der Waals surface area (Å²) in [6.07, 6.45) is 1.35. The Balaban J connectivity index is 1.83. The highest BCUT2D eigenvalue weighted by atomic mass is 16.4. The summed E-state index contributed by atoms with van der Waals surface area (Å²) in [5, 5.41) is 22.0. The second-order valence-corrected chi connectivity index (χ2v) is 7.16. The SMILES string of the molecule is CCN1CCN([C@@H](C(=O)O)c2c[nH]c3ccc(NC(=O)CCC(=O)O)cc23)CC1. The lowest BCUT2D eigenvalue weighted by Crippen LogP contribution is -2.49. The number of rotatable bonds is 8. The van der Waals surface area contributed by atoms with Crippen molar-refractivity contribution in [1.82, 2.24) is 14.8 Å². The molecule has 9 nitrogen and oxygen atoms in total. The van der Waals surface area contributed by atoms with E-state index in [-0.39, 0.29) is 12.8 Å². The molecule has 29 heavy (non-hydrogen) atoms. The molecule has 0 radical (unpaired) electrons. The van der Waals surface area contributed by atoms with Gasteiger partial charge in [-0.15, -0.1) is 0 Å². The number of carboxylic acids is 2. The highest BCUT2D eigenvalue weighted by molar-refractivity contribution is 5.96. The molecular weight excluding hydrogens is 376 g/mol. The average Bonchev–Trinajstić information content (AvgIpc) is 3.10. The minimum atomic E-state index is -1.03. The van der Waals surface area contributed by atoms with Crippen molar-refractivity contribution in [3.05, 3.63) is 30.0 Å². The molecule has 2 aromatic rings. The number of aromatic amines is 1. The maximum atomic E-state index is 12.1. The fraction of sp³-hybridized carbons (Fsp3) is 0.450. The zero-order chi connectivity index (χ0) is 21.0. The molecule has 0 bridgehead atoms. The lowest BCUT2D eigenvalue weighted by molar-refractivity contribution is -0.144. The second kappa shape index (κ2) is 9.06. The first-order chi connectivity index (χ1) is 13.9. The van der Waals surface area contributed by atoms with Gasteiger partial charge in [-0.3, -0.25) is 19.3 Å². The van der Waals surface area contributed by atoms with Gasteiger partial charge in [0.1, 0.15) is 6.04 Å². The fourth-order valence-corrected chi connectivity index (χ4v) is 3.71. The van der Waals surface area contributed by atoms with E-state index in [0.29, 0.717) is 24.3 Å². The first-order valence-electron chi connectivity index (χ1n) is 9.71. The van der Waals surface area contributed by atoms with E-state index in [2.05, 4.69) is 22.1 Å². The molecule has 156 valence electrons. The lowest BCUT2D eigenvalue weighted by atomic mass is 10.0. The van der Waals surface area contributed by atoms with Crippen LogP contribution in [-0.2, 0) is 14.4 Å². The molecule has 1 aliphatic heterocycles. The molecule has 1 saturated heterocycles. The highest BCUT2D eigenvalue weighted by Crippen LogP contribution is 2.31. The van der Waals surface area contributed by atoms with Crippen LogP contribution in [0.1, 0.15) is 31.4 Å². The Labute approximate surface area is 168 Å². The monoisotopic (exact) mass is 402 g/mol. The highest BCUT2D eigenvalue weighted by Gasteiger charge is 2.31. The molecule has 0 aliphatic carbocycles. The molecule has 1 atom stereocenters. The molecule has 0 unspecified atom stereocenters. The maximum Gasteiger partial charge on any atom is 0.325 e. The molecule has 9 heteroatoms. The van der Waals surface area contributed by atoms with Gasteiger partial charge in [0.2, 0.25) is 5.91 Å². The normalized spacial score (nSPS) is 16.6. The van der Waals surface area contributed by atoms with E-state index in [0.717, 1.165) is 30.5 Å². The second-order valence-electron chi connectivity index (χ2n) is 7.16. The number of piperazine rings is 1. The van der Waals surface area contributed by atoms with E-state index in [1.165, 1.54) is 0 Å². The third-order valence-electron chi connectivity index (χ3n) is 5.31. The Kier molecular flexibility index (Phi) is 6.50. The van der Waals surface area contributed by atoms with Crippen LogP contribution in [0.15, 0.2) is 24.4 Å². The van der Waals surface area contributed by atoms with Crippen LogP contribution in [0.25, 0.3) is 10.9 Å². The number of likely N-dealkylation sites (N-methyl/N-ethyl adjacent to an activating group) is 1. The predicted molar refractivity (Wildman–Crippen MR) is 108 cm³/mol. The van der Waals surface area contributed by atoms with Crippen LogP contribution in [0, 0.1) is 0 Å². The number of carboxylic acid groups (broad SMARTS) is 2. The molecule has 2 heterocycles. The number of hydrogen-bond donors (Lipinski definition) is 4. The van der Waals surface area contributed by atoms with Crippen molar-refractivity contribution in [2.75, 3.05) is 38.0 Å². The number of nitrogens with one attached hydrogen (secondary N) is 2. The summed E-state index contributed by atoms with van der Waals surface area (Å²) >= 11 is 0. The summed E-state index contributed by atoms with van der Waals surface area (Å²) in [4.78, 5) is 42.0. The van der Waals surface area contributed by atoms with E-state index < -0.39 is 23.9 Å². The van der Waals surface area contributed by atoms with Gasteiger partial charge >= 0.3 is 11.9 Å². The molecule has 1 aromatic carbocycles. The summed E-state index contributed by atoms with van der Waals surface area (Å²) in [7, 11) is 0. The standard InChI is InChI=1S/C20H26N4O5/c1-2-23-7-9-24(10-8-23)19(20(28)29)15-12-21-16-4-3-13(11-14(15)16)22-17(25)5-6-18(26)27/h3-4,11-12,19,21H,2,5-10H2,1H3,(H,22,25)(H,26,27)(H,28,29)/t19-/m1/s1. The van der Waals surface area contributed by atoms with Gasteiger partial charge in [0.05, 0.1) is 6.42 Å². The molecule has 1 aliphatic rings. The minimum absolute atomic E-state index is 0.118. The Morgan fingerprint density at radius 3 is 2.48 bits per heavy atom. The lowest BCUT2D eigenvalue weighted by Gasteiger charge is -2.37. The third kappa shape index (κ3) is 4.93. The van der Waals surface area contributed by atoms with Crippen LogP contribution in [0.2, 0.25) is 0 Å². The van der Waals surface area contributed by atoms with Crippen LogP contribution in [0.4, 0.5) is 5.69 Å². The number of hydrogen-bond acceptors (Lipinski definition) is 5. The van der Waals surface area contributed by atoms with Crippen molar-refractivity contribution in [3.63, 3.8) is 0 Å². The van der Waals surface area contributed by atoms with Crippen molar-refractivity contribution in [2.24, 2.45) is 0 Å². The number of fused-ring (bicyclic) bond motifs is 1. The van der Waals surface area contributed by atoms with Crippen molar-refractivity contribution >= 4 is 34.4 Å². The minimum Gasteiger partial charge on any atom is -0.481 e. The number of amides is 1. The maximum absolute atomic E-state index is 12.1. The largest absolute Gasteiger partial charge is 0.481 e. The van der Waals surface area contributed by atoms with E-state index >= 15 is 0 Å². The first kappa shape index (κ1) is 20.8. The van der Waals surface area contributed by atoms with Gasteiger partial charge < -0.3 is 25.4 Å². The molecular formula is C20H26N4O5. The zero-order valence-electron chi connectivity index (χ0n) is 16.4. The topological polar surface area (TPSA) is 126 Å². The summed E-state index contributed by atoms with van der Waals surface area (Å²) in [6.45, 7) is 6.03. The number of carbonyl (C=O) groups is 3. The van der Waals surface area contributed by atoms with Gasteiger partial charge in [0.15, 0.2) is 0 Å². The quantitative estimate of drug-likeness (QED) is 0.530. The van der Waals surface area contributed by atoms with Crippen LogP contribution >= 0.6 is 0 Å². The van der Waals surface area contributed by atoms with E-state index in [9.17, 15) is 19.5 Å². The number of benzene rings is 1. The van der Waals surface area contributed by atoms with Gasteiger partial charge in [-0.2, -0.15) is 0 Å². The predicted octanol–water partition coefficient (Wildman–Crippen LogP) is 1.73. The van der Waals surface area contributed by atoms with Gasteiger partial charge in [-0.1, -0.05) is 6.92 Å². The van der Waals surface area contributed by atoms with Crippen LogP contribution in [0.3, 0.4) is 0 Å². The first-order valence-corrected chi connectivity index (χ1v) is 9.71. The number of H-pyrrole nitrogens is 1. The van der Waals surface area contributed by atoms with E-state index in [4.69, 9.17) is 5.11 Å². The van der Waals surface area contributed by atoms with Gasteiger partial charge in [0.25, 0.3) is 0 Å². The fourth-order valence-electron chi connectivity index (χ4n) is 3.71. The van der Waals surface area contributed by atoms with E-state index in [1.807, 2.05) is 4.90 Å². The average molecular weight is 402 g/mol. The third-order valence-corrected chi connectivity index (χ3v) is 5.31. The summed E-state index contributed by atoms with van der Waals surface area (Å²) in [5.74, 6) is -2.34. The zero-order valence-corrected chi connectivity index (χ0v) is 16.4. The van der Waals surface area contributed by atoms with Gasteiger partial charge in [-0.05, 0) is 24.7 Å². The summed E-state index contributed by atoms with van der Waals surface area (Å²) in [5.41, 5.74) is 1.94. The van der Waals surface area contributed by atoms with Crippen molar-refractivity contribution in [3.8, 4) is 0 Å². The van der Waals surface area contributed by atoms with Crippen LogP contribution in [0.5, 0.6) is 0 Å². The van der Waals surface area contributed by atoms with Crippen molar-refractivity contribution in [2.45, 2.75) is 25.8 Å². The summed E-state index contributed by atoms with van der Waals surface area (Å²) in [6, 6.07) is 4.44. The molecule has 3 rings (SSSR count). The van der Waals surface area contributed by atoms with E-state index in [1.54, 1.807) is 24.4 Å². The van der Waals surface area contributed by atoms with Crippen LogP contribution in [-0.4, -0.2) is 75.6 Å². The Bertz CT molecular complexity index is 901. The number of aliphatic carboxylic acids is 2. The van der Waals surface area contributed by atoms with Gasteiger partial charge in [0, 0.05) is 61.0 Å². The summed E-state index contributed by atoms with van der Waals surface area (Å²) < 4.78 is 0. The molecule has 1 fully saturated rings. The molecule has 1 amide bonds. The molecule has 1 aromatic heterocycles. The smallest absolute Gasteiger partial charge is 0.325 e. The van der Waals surface area contributed by atoms with Crippen LogP contribution < -0.4 is 5.32 Å². The van der Waals surface area contributed by atoms with Gasteiger partial charge in [-0.25, -0.2) is 0 Å². The Morgan fingerprint density at radius 1 is 1.14 bits per heavy atom. The van der Waals surface area contributed by atoms with Crippen molar-refractivity contribution in [1.29, 1.82) is 0 Å². The number of carbonyl (C=O) groups excluding carboxylic acids is 1. The Hall–Kier alpha value is -2.91. The molecule has 0 saturated carbocycles. The molecule has 4 N–H and O–H groups in total. The molecule has 0 spiro atoms.